The lowest BCUT2D eigenvalue weighted by molar-refractivity contribution is -0.644. The Hall–Kier alpha value is -3.23. The van der Waals surface area contributed by atoms with E-state index >= 15 is 0 Å². The van der Waals surface area contributed by atoms with E-state index in [2.05, 4.69) is 37.3 Å². The number of hydrogen-bond acceptors (Lipinski definition) is 1. The molecule has 6 rings (SSSR count). The maximum atomic E-state index is 8.55. The summed E-state index contributed by atoms with van der Waals surface area (Å²) in [5.41, 5.74) is 3.77. The van der Waals surface area contributed by atoms with Crippen molar-refractivity contribution in [1.29, 1.82) is 0 Å². The highest BCUT2D eigenvalue weighted by atomic mass is 32.1. The lowest BCUT2D eigenvalue weighted by atomic mass is 9.90. The maximum Gasteiger partial charge on any atom is 0.221 e. The average molecular weight is 439 g/mol. The smallest absolute Gasteiger partial charge is 0.200 e. The van der Waals surface area contributed by atoms with Gasteiger partial charge in [-0.05, 0) is 66.0 Å². The molecule has 6 aromatic rings. The molecule has 32 heavy (non-hydrogen) atoms. The van der Waals surface area contributed by atoms with Crippen LogP contribution in [0.3, 0.4) is 0 Å². The molecule has 0 radical (unpaired) electrons. The number of benzene rings is 4. The SMILES string of the molecule is [2H]C([2H])([2H])c1c[n+](C)c2c3c(C)cccc3c3ccc4c(C)c(-c5ccccc5)sc4c3c2c1C([2H])([2H])[2H]. The van der Waals surface area contributed by atoms with Crippen LogP contribution >= 0.6 is 11.3 Å². The first-order chi connectivity index (χ1) is 17.9. The predicted molar refractivity (Wildman–Crippen MR) is 140 cm³/mol. The Kier molecular flexibility index (Phi) is 3.02. The molecule has 0 spiro atoms. The van der Waals surface area contributed by atoms with Crippen molar-refractivity contribution >= 4 is 53.9 Å². The number of aromatic nitrogens is 1. The Morgan fingerprint density at radius 2 is 1.50 bits per heavy atom. The number of aryl methyl sites for hydroxylation is 5. The molecular formula is C30H26NS+. The molecule has 0 aliphatic rings. The van der Waals surface area contributed by atoms with E-state index in [1.807, 2.05) is 44.3 Å². The lowest BCUT2D eigenvalue weighted by Gasteiger charge is -2.14. The minimum atomic E-state index is -2.63. The summed E-state index contributed by atoms with van der Waals surface area (Å²) in [6, 6.07) is 20.5. The first-order valence-electron chi connectivity index (χ1n) is 13.7. The molecule has 4 aromatic carbocycles. The first kappa shape index (κ1) is 14.0. The summed E-state index contributed by atoms with van der Waals surface area (Å²) in [6.07, 6.45) is 1.49. The van der Waals surface area contributed by atoms with Gasteiger partial charge in [0.1, 0.15) is 7.05 Å². The van der Waals surface area contributed by atoms with Gasteiger partial charge in [-0.3, -0.25) is 0 Å². The van der Waals surface area contributed by atoms with Crippen molar-refractivity contribution in [2.75, 3.05) is 0 Å². The lowest BCUT2D eigenvalue weighted by Crippen LogP contribution is -2.30. The highest BCUT2D eigenvalue weighted by molar-refractivity contribution is 7.23. The summed E-state index contributed by atoms with van der Waals surface area (Å²) in [7, 11) is 1.81. The molecule has 0 aliphatic carbocycles. The second-order valence-corrected chi connectivity index (χ2v) is 9.56. The van der Waals surface area contributed by atoms with Gasteiger partial charge in [0.2, 0.25) is 5.52 Å². The van der Waals surface area contributed by atoms with Gasteiger partial charge in [-0.2, -0.15) is 0 Å². The van der Waals surface area contributed by atoms with E-state index in [0.717, 1.165) is 58.7 Å². The molecule has 0 atom stereocenters. The van der Waals surface area contributed by atoms with E-state index in [4.69, 9.17) is 8.22 Å². The van der Waals surface area contributed by atoms with Gasteiger partial charge in [-0.25, -0.2) is 4.57 Å². The maximum absolute atomic E-state index is 8.55. The van der Waals surface area contributed by atoms with Gasteiger partial charge < -0.3 is 0 Å². The zero-order valence-electron chi connectivity index (χ0n) is 24.2. The number of pyridine rings is 1. The van der Waals surface area contributed by atoms with Gasteiger partial charge in [-0.1, -0.05) is 60.7 Å². The highest BCUT2D eigenvalue weighted by Crippen LogP contribution is 2.46. The van der Waals surface area contributed by atoms with Crippen LogP contribution in [0.4, 0.5) is 0 Å². The fourth-order valence-corrected chi connectivity index (χ4v) is 6.49. The molecule has 0 fully saturated rings. The number of rotatable bonds is 1. The third kappa shape index (κ3) is 2.53. The zero-order valence-corrected chi connectivity index (χ0v) is 19.0. The topological polar surface area (TPSA) is 3.88 Å². The molecule has 0 unspecified atom stereocenters. The Morgan fingerprint density at radius 1 is 0.719 bits per heavy atom. The molecule has 2 heterocycles. The van der Waals surface area contributed by atoms with Crippen LogP contribution in [0.1, 0.15) is 30.5 Å². The summed E-state index contributed by atoms with van der Waals surface area (Å²) < 4.78 is 53.2. The molecule has 0 saturated heterocycles. The molecule has 156 valence electrons. The van der Waals surface area contributed by atoms with Crippen LogP contribution in [0.15, 0.2) is 66.9 Å². The van der Waals surface area contributed by atoms with Crippen LogP contribution in [0.2, 0.25) is 0 Å². The Labute approximate surface area is 201 Å². The fraction of sp³-hybridized carbons (Fsp3) is 0.167. The molecule has 0 amide bonds. The van der Waals surface area contributed by atoms with E-state index < -0.39 is 13.7 Å². The van der Waals surface area contributed by atoms with Crippen molar-refractivity contribution in [1.82, 2.24) is 0 Å². The predicted octanol–water partition coefficient (Wildman–Crippen LogP) is 8.09. The van der Waals surface area contributed by atoms with Gasteiger partial charge >= 0.3 is 0 Å². The molecule has 0 aliphatic heterocycles. The van der Waals surface area contributed by atoms with E-state index in [1.54, 1.807) is 15.9 Å². The number of thiophene rings is 1. The number of nitrogens with zero attached hydrogens (tertiary/aromatic N) is 1. The van der Waals surface area contributed by atoms with E-state index in [1.165, 1.54) is 6.20 Å². The standard InChI is InChI=1S/C30H26NS/c1-17-10-9-13-23-24-15-14-22-20(4)29(21-11-7-6-8-12-21)32-30(22)27(24)26-19(3)18(2)16-31(5)28(26)25(17)23/h6-16H,1-5H3/q+1/i2D3,3D3. The largest absolute Gasteiger partial charge is 0.221 e. The van der Waals surface area contributed by atoms with Crippen molar-refractivity contribution < 1.29 is 12.8 Å². The van der Waals surface area contributed by atoms with Crippen molar-refractivity contribution in [2.24, 2.45) is 7.05 Å². The van der Waals surface area contributed by atoms with Crippen LogP contribution in [0.5, 0.6) is 0 Å². The number of hydrogen-bond donors (Lipinski definition) is 0. The van der Waals surface area contributed by atoms with E-state index in [-0.39, 0.29) is 11.1 Å². The van der Waals surface area contributed by atoms with Gasteiger partial charge in [0, 0.05) is 28.8 Å². The summed E-state index contributed by atoms with van der Waals surface area (Å²) in [4.78, 5) is 1.12. The molecule has 0 bridgehead atoms. The van der Waals surface area contributed by atoms with Crippen molar-refractivity contribution in [2.45, 2.75) is 27.6 Å². The van der Waals surface area contributed by atoms with Crippen LogP contribution in [-0.2, 0) is 7.05 Å². The van der Waals surface area contributed by atoms with Gasteiger partial charge in [-0.15, -0.1) is 11.3 Å². The van der Waals surface area contributed by atoms with Crippen LogP contribution < -0.4 is 4.57 Å². The van der Waals surface area contributed by atoms with Crippen molar-refractivity contribution in [3.8, 4) is 10.4 Å². The van der Waals surface area contributed by atoms with E-state index in [0.29, 0.717) is 5.39 Å². The monoisotopic (exact) mass is 438 g/mol. The van der Waals surface area contributed by atoms with Crippen molar-refractivity contribution in [3.05, 3.63) is 89.1 Å². The van der Waals surface area contributed by atoms with Gasteiger partial charge in [0.05, 0.1) is 10.8 Å². The minimum Gasteiger partial charge on any atom is -0.200 e. The van der Waals surface area contributed by atoms with Crippen LogP contribution in [-0.4, -0.2) is 0 Å². The second kappa shape index (κ2) is 6.88. The normalized spacial score (nSPS) is 15.5. The minimum absolute atomic E-state index is 0.0828. The van der Waals surface area contributed by atoms with Gasteiger partial charge in [0.25, 0.3) is 0 Å². The van der Waals surface area contributed by atoms with Crippen molar-refractivity contribution in [3.63, 3.8) is 0 Å². The Bertz CT molecular complexity index is 1910. The van der Waals surface area contributed by atoms with Gasteiger partial charge in [0.15, 0.2) is 6.20 Å². The average Bonchev–Trinajstić information content (AvgIpc) is 3.19. The number of fused-ring (bicyclic) bond motifs is 8. The molecular weight excluding hydrogens is 406 g/mol. The molecule has 0 saturated carbocycles. The van der Waals surface area contributed by atoms with Crippen LogP contribution in [0.25, 0.3) is 53.0 Å². The first-order valence-corrected chi connectivity index (χ1v) is 11.5. The van der Waals surface area contributed by atoms with Crippen LogP contribution in [0, 0.1) is 27.6 Å². The quantitative estimate of drug-likeness (QED) is 0.180. The second-order valence-electron chi connectivity index (χ2n) is 8.54. The summed E-state index contributed by atoms with van der Waals surface area (Å²) in [5, 5.41) is 5.25. The molecule has 0 N–H and O–H groups in total. The molecule has 1 nitrogen and oxygen atoms in total. The zero-order chi connectivity index (χ0) is 27.1. The third-order valence-electron chi connectivity index (χ3n) is 6.62. The molecule has 2 aromatic heterocycles. The fourth-order valence-electron chi connectivity index (χ4n) is 5.13. The summed E-state index contributed by atoms with van der Waals surface area (Å²) >= 11 is 1.64. The third-order valence-corrected chi connectivity index (χ3v) is 8.00. The summed E-state index contributed by atoms with van der Waals surface area (Å²) in [5.74, 6) is 0. The van der Waals surface area contributed by atoms with E-state index in [9.17, 15) is 0 Å². The Balaban J connectivity index is 1.99. The highest BCUT2D eigenvalue weighted by Gasteiger charge is 2.23. The Morgan fingerprint density at radius 3 is 2.28 bits per heavy atom. The summed E-state index contributed by atoms with van der Waals surface area (Å²) in [6.45, 7) is -1.10. The molecule has 2 heteroatoms.